The van der Waals surface area contributed by atoms with E-state index in [0.717, 1.165) is 34.6 Å². The molecule has 0 spiro atoms. The molecule has 9 aliphatic heterocycles. The SMILES string of the molecule is CC(=O)N[C@H]1[C@H](OC[C@H]2O[C@@H](O[C@H]3[C@H](O)[C@@H](NC(C)=O)[C@H](O[C@H]4[C@@H](O)[C@@H](CO)OC(O)[C@@H]4O)O[C@@H]3CO)[C@H](O)[C@@H](O[C@@H]3O[C@H](CO)[C@@H](O[C@@H]4O[C@H](CO[C@]5(C(=O)O)C[C@H](O)[C@@H](NC(C)=O)[C@H]([C@H](O)[C@H](O)CO)O5)[C@H](O)[C@H](O)[C@H]4O)[C@H](O)[C@H]3NC(C)=O)[C@H]2O)O[C@H](CO)[C@@H](O[C@@H]2O[C@H](CO[C@]3(C(=O)O)C[C@H](O)[C@@H](NC(C)=O)[C@H]([C@H](O)[C@H](O)CO)O3)[C@H](O)[C@H](O)[C@H]2O)[C@@H]1O. The van der Waals surface area contributed by atoms with Crippen LogP contribution in [0.4, 0.5) is 0 Å². The fourth-order valence-electron chi connectivity index (χ4n) is 16.1. The van der Waals surface area contributed by atoms with E-state index in [0.29, 0.717) is 0 Å². The molecule has 1 unspecified atom stereocenters. The van der Waals surface area contributed by atoms with Crippen LogP contribution in [-0.2, 0) is 114 Å². The molecule has 9 aliphatic rings. The van der Waals surface area contributed by atoms with Gasteiger partial charge in [0.05, 0.1) is 83.8 Å². The van der Waals surface area contributed by atoms with Crippen molar-refractivity contribution in [2.75, 3.05) is 59.5 Å². The Hall–Kier alpha value is -5.43. The standard InChI is InChI=1S/C70H115N5O52/c1-17(82)71-33-22(87)6-69(67(107)108,126-56(33)38(91)24(89)8-76)112-15-31-40(93)47(100)49(102)64(119-31)121-53-27(11-79)115-61(35(44(53)97)73-19(3)84)111-14-30-43(96)59(52(105)66(118-30)123-55-29(13-81)116-62(36(46(55)99)74-20(4)85)124-58-42(95)26(10-78)114-60(106)51(58)104)125-63-37(75-21(5)86)45(98)54(28(12-80)117-63)122-65-50(103)48(101)41(94)32(120-65)16-113-70(68(109)110)7-23(88)34(72-18(2)83)57(127-70)39(92)25(90)9-77/h22-66,76-81,87-106H,6-16H2,1-5H3,(H,71,82)(H,72,83)(H,73,84)(H,74,85)(H,75,86)(H,107,108)(H,109,110)/t22-,23-,24+,25+,26+,27+,28+,29+,30+,31+,32+,33+,34+,35+,36+,37+,38+,39+,40-,41-,42-,43-,44+,45+,46+,47-,48-,49+,50+,51+,52+,53+,54+,55+,56+,57+,58-,59-,60?,61+,62-,63-,64-,65-,66-,69+,70+/m0/s1. The van der Waals surface area contributed by atoms with Gasteiger partial charge in [-0.05, 0) is 0 Å². The topological polar surface area (TPSA) is 903 Å². The van der Waals surface area contributed by atoms with Crippen molar-refractivity contribution in [3.05, 3.63) is 0 Å². The molecule has 0 radical (unpaired) electrons. The summed E-state index contributed by atoms with van der Waals surface area (Å²) in [5.41, 5.74) is 0. The molecule has 0 aromatic carbocycles. The number of carboxylic acids is 2. The van der Waals surface area contributed by atoms with Crippen LogP contribution in [0.5, 0.6) is 0 Å². The molecule has 33 N–H and O–H groups in total. The van der Waals surface area contributed by atoms with Crippen LogP contribution >= 0.6 is 0 Å². The summed E-state index contributed by atoms with van der Waals surface area (Å²) >= 11 is 0. The number of aliphatic hydroxyl groups excluding tert-OH is 26. The van der Waals surface area contributed by atoms with Gasteiger partial charge in [-0.2, -0.15) is 0 Å². The number of hydrogen-bond acceptors (Lipinski definition) is 50. The number of carbonyl (C=O) groups is 7. The van der Waals surface area contributed by atoms with Crippen LogP contribution in [0.1, 0.15) is 47.5 Å². The Kier molecular flexibility index (Phi) is 37.4. The number of carbonyl (C=O) groups excluding carboxylic acids is 5. The lowest BCUT2D eigenvalue weighted by Crippen LogP contribution is -2.71. The predicted octanol–water partition coefficient (Wildman–Crippen LogP) is -21.5. The highest BCUT2D eigenvalue weighted by Gasteiger charge is 2.63. The number of rotatable bonds is 36. The molecule has 0 saturated carbocycles. The second-order valence-electron chi connectivity index (χ2n) is 31.8. The summed E-state index contributed by atoms with van der Waals surface area (Å²) < 4.78 is 99.2. The van der Waals surface area contributed by atoms with E-state index in [1.807, 2.05) is 0 Å². The first-order valence-electron chi connectivity index (χ1n) is 39.9. The maximum atomic E-state index is 13.2. The molecule has 0 aromatic heterocycles. The minimum Gasteiger partial charge on any atom is -0.477 e. The van der Waals surface area contributed by atoms with Crippen molar-refractivity contribution >= 4 is 41.5 Å². The van der Waals surface area contributed by atoms with Gasteiger partial charge in [-0.1, -0.05) is 0 Å². The van der Waals surface area contributed by atoms with Crippen LogP contribution in [0.3, 0.4) is 0 Å². The number of hydrogen-bond donors (Lipinski definition) is 33. The molecule has 9 saturated heterocycles. The number of carboxylic acid groups (broad SMARTS) is 2. The smallest absolute Gasteiger partial charge is 0.364 e. The Bertz CT molecular complexity index is 3580. The molecule has 5 amide bonds. The van der Waals surface area contributed by atoms with Gasteiger partial charge in [0.2, 0.25) is 29.5 Å². The van der Waals surface area contributed by atoms with Crippen molar-refractivity contribution in [1.29, 1.82) is 0 Å². The summed E-state index contributed by atoms with van der Waals surface area (Å²) in [5.74, 6) is -15.0. The van der Waals surface area contributed by atoms with Gasteiger partial charge in [0.15, 0.2) is 44.0 Å². The average Bonchev–Trinajstić information content (AvgIpc) is 0.752. The van der Waals surface area contributed by atoms with Crippen molar-refractivity contribution < 1.29 is 257 Å². The van der Waals surface area contributed by atoms with Crippen LogP contribution in [0, 0.1) is 0 Å². The third-order valence-corrected chi connectivity index (χ3v) is 22.7. The molecule has 47 atom stereocenters. The van der Waals surface area contributed by atoms with Gasteiger partial charge in [-0.15, -0.1) is 0 Å². The Labute approximate surface area is 717 Å². The molecule has 9 heterocycles. The predicted molar refractivity (Wildman–Crippen MR) is 389 cm³/mol. The van der Waals surface area contributed by atoms with Gasteiger partial charge >= 0.3 is 11.9 Å². The molecule has 0 bridgehead atoms. The second-order valence-corrected chi connectivity index (χ2v) is 31.8. The Balaban J connectivity index is 0.991. The summed E-state index contributed by atoms with van der Waals surface area (Å²) in [6.45, 7) is -6.14. The number of nitrogens with one attached hydrogen (secondary N) is 5. The van der Waals surface area contributed by atoms with Gasteiger partial charge < -0.3 is 250 Å². The highest BCUT2D eigenvalue weighted by atomic mass is 16.8. The average molecular weight is 1860 g/mol. The summed E-state index contributed by atoms with van der Waals surface area (Å²) in [7, 11) is 0. The molecule has 57 heteroatoms. The Morgan fingerprint density at radius 1 is 0.323 bits per heavy atom. The number of ether oxygens (including phenoxy) is 17. The van der Waals surface area contributed by atoms with E-state index in [9.17, 15) is 177 Å². The minimum atomic E-state index is -3.11. The zero-order valence-corrected chi connectivity index (χ0v) is 68.1. The first-order chi connectivity index (χ1) is 59.7. The van der Waals surface area contributed by atoms with E-state index in [4.69, 9.17) is 80.5 Å². The minimum absolute atomic E-state index is 0.846. The molecular formula is C70H115N5O52. The Morgan fingerprint density at radius 3 is 0.945 bits per heavy atom. The van der Waals surface area contributed by atoms with Gasteiger partial charge in [0.25, 0.3) is 11.6 Å². The number of aliphatic carboxylic acids is 2. The first kappa shape index (κ1) is 105. The van der Waals surface area contributed by atoms with Crippen molar-refractivity contribution in [1.82, 2.24) is 26.6 Å². The van der Waals surface area contributed by atoms with E-state index in [-0.39, 0.29) is 0 Å². The van der Waals surface area contributed by atoms with Crippen LogP contribution < -0.4 is 26.6 Å². The molecule has 9 fully saturated rings. The molecule has 57 nitrogen and oxygen atoms in total. The van der Waals surface area contributed by atoms with Crippen LogP contribution in [-0.4, -0.2) is 531 Å². The molecule has 127 heavy (non-hydrogen) atoms. The fourth-order valence-corrected chi connectivity index (χ4v) is 16.1. The van der Waals surface area contributed by atoms with Gasteiger partial charge in [-0.3, -0.25) is 24.0 Å². The van der Waals surface area contributed by atoms with Crippen molar-refractivity contribution in [3.8, 4) is 0 Å². The van der Waals surface area contributed by atoms with Crippen LogP contribution in [0.15, 0.2) is 0 Å². The number of amides is 5. The lowest BCUT2D eigenvalue weighted by Gasteiger charge is -2.51. The first-order valence-corrected chi connectivity index (χ1v) is 39.9. The maximum absolute atomic E-state index is 13.2. The second kappa shape index (κ2) is 45.1. The maximum Gasteiger partial charge on any atom is 0.364 e. The third kappa shape index (κ3) is 23.7. The molecule has 0 aliphatic carbocycles. The summed E-state index contributed by atoms with van der Waals surface area (Å²) in [4.78, 5) is 89.6. The molecular weight excluding hydrogens is 1740 g/mol. The quantitative estimate of drug-likeness (QED) is 0.0277. The van der Waals surface area contributed by atoms with Crippen molar-refractivity contribution in [2.24, 2.45) is 0 Å². The summed E-state index contributed by atoms with van der Waals surface area (Å²) in [5, 5.41) is 321. The van der Waals surface area contributed by atoms with Crippen LogP contribution in [0.2, 0.25) is 0 Å². The van der Waals surface area contributed by atoms with Gasteiger partial charge in [0, 0.05) is 47.5 Å². The Morgan fingerprint density at radius 2 is 0.614 bits per heavy atom. The van der Waals surface area contributed by atoms with Gasteiger partial charge in [0.1, 0.15) is 207 Å². The highest BCUT2D eigenvalue weighted by Crippen LogP contribution is 2.42. The zero-order valence-electron chi connectivity index (χ0n) is 68.1. The monoisotopic (exact) mass is 1860 g/mol. The molecule has 0 aromatic rings. The third-order valence-electron chi connectivity index (χ3n) is 22.7. The fraction of sp³-hybridized carbons (Fsp3) is 0.900. The van der Waals surface area contributed by atoms with E-state index >= 15 is 0 Å². The number of aliphatic hydroxyl groups is 26. The van der Waals surface area contributed by atoms with Crippen molar-refractivity contribution in [3.63, 3.8) is 0 Å². The lowest BCUT2D eigenvalue weighted by molar-refractivity contribution is -0.386. The van der Waals surface area contributed by atoms with Gasteiger partial charge in [-0.25, -0.2) is 9.59 Å². The van der Waals surface area contributed by atoms with E-state index in [1.165, 1.54) is 0 Å². The summed E-state index contributed by atoms with van der Waals surface area (Å²) in [6.07, 6.45) is -89.8. The lowest BCUT2D eigenvalue weighted by atomic mass is 9.88. The van der Waals surface area contributed by atoms with Crippen molar-refractivity contribution in [2.45, 2.75) is 335 Å². The molecule has 732 valence electrons. The van der Waals surface area contributed by atoms with E-state index in [1.54, 1.807) is 0 Å². The van der Waals surface area contributed by atoms with E-state index in [2.05, 4.69) is 26.6 Å². The largest absolute Gasteiger partial charge is 0.477 e. The highest BCUT2D eigenvalue weighted by molar-refractivity contribution is 5.78. The zero-order chi connectivity index (χ0) is 94.4. The summed E-state index contributed by atoms with van der Waals surface area (Å²) in [6, 6.07) is -9.43. The molecule has 9 rings (SSSR count). The van der Waals surface area contributed by atoms with E-state index < -0.39 is 401 Å². The normalized spacial score (nSPS) is 45.5. The van der Waals surface area contributed by atoms with Crippen LogP contribution in [0.25, 0.3) is 0 Å².